The number of benzene rings is 1. The number of hydrogen-bond acceptors (Lipinski definition) is 4. The van der Waals surface area contributed by atoms with Crippen LogP contribution >= 0.6 is 11.6 Å². The van der Waals surface area contributed by atoms with E-state index in [2.05, 4.69) is 15.1 Å². The SMILES string of the molecule is Cc1cc(C)n(-c2cncc(N(C)Cc3ccc(Cl)c(F)c3)n2)n1. The molecule has 0 radical (unpaired) electrons. The van der Waals surface area contributed by atoms with Gasteiger partial charge in [-0.15, -0.1) is 0 Å². The molecule has 0 saturated heterocycles. The molecule has 7 heteroatoms. The first kappa shape index (κ1) is 16.4. The number of halogens is 2. The summed E-state index contributed by atoms with van der Waals surface area (Å²) in [6.45, 7) is 4.39. The third-order valence-corrected chi connectivity index (χ3v) is 3.94. The van der Waals surface area contributed by atoms with E-state index in [0.717, 1.165) is 17.0 Å². The Bertz CT molecular complexity index is 877. The van der Waals surface area contributed by atoms with E-state index >= 15 is 0 Å². The molecule has 2 heterocycles. The van der Waals surface area contributed by atoms with Crippen LogP contribution in [-0.4, -0.2) is 26.8 Å². The maximum atomic E-state index is 13.6. The van der Waals surface area contributed by atoms with Crippen molar-refractivity contribution in [3.63, 3.8) is 0 Å². The fourth-order valence-corrected chi connectivity index (χ4v) is 2.60. The van der Waals surface area contributed by atoms with Crippen LogP contribution < -0.4 is 4.90 Å². The van der Waals surface area contributed by atoms with Gasteiger partial charge in [-0.3, -0.25) is 4.98 Å². The molecule has 124 valence electrons. The van der Waals surface area contributed by atoms with Gasteiger partial charge in [0.25, 0.3) is 0 Å². The summed E-state index contributed by atoms with van der Waals surface area (Å²) in [6.07, 6.45) is 3.33. The van der Waals surface area contributed by atoms with Gasteiger partial charge in [-0.05, 0) is 37.6 Å². The monoisotopic (exact) mass is 345 g/mol. The minimum absolute atomic E-state index is 0.118. The summed E-state index contributed by atoms with van der Waals surface area (Å²) in [4.78, 5) is 10.7. The molecule has 0 unspecified atom stereocenters. The minimum Gasteiger partial charge on any atom is -0.354 e. The summed E-state index contributed by atoms with van der Waals surface area (Å²) < 4.78 is 15.3. The van der Waals surface area contributed by atoms with Gasteiger partial charge in [0.05, 0.1) is 23.1 Å². The quantitative estimate of drug-likeness (QED) is 0.723. The zero-order chi connectivity index (χ0) is 17.3. The second kappa shape index (κ2) is 6.57. The Kier molecular flexibility index (Phi) is 4.49. The van der Waals surface area contributed by atoms with Crippen LogP contribution in [0.15, 0.2) is 36.7 Å². The Morgan fingerprint density at radius 3 is 2.67 bits per heavy atom. The summed E-state index contributed by atoms with van der Waals surface area (Å²) in [5.74, 6) is 0.896. The summed E-state index contributed by atoms with van der Waals surface area (Å²) in [6, 6.07) is 6.75. The summed E-state index contributed by atoms with van der Waals surface area (Å²) in [5, 5.41) is 4.54. The maximum Gasteiger partial charge on any atom is 0.174 e. The Hall–Kier alpha value is -2.47. The average Bonchev–Trinajstić information content (AvgIpc) is 2.89. The fourth-order valence-electron chi connectivity index (χ4n) is 2.49. The smallest absolute Gasteiger partial charge is 0.174 e. The molecule has 0 atom stereocenters. The summed E-state index contributed by atoms with van der Waals surface area (Å²) in [5.41, 5.74) is 2.71. The Labute approximate surface area is 144 Å². The van der Waals surface area contributed by atoms with Crippen LogP contribution in [0.4, 0.5) is 10.2 Å². The van der Waals surface area contributed by atoms with Crippen molar-refractivity contribution < 1.29 is 4.39 Å². The molecule has 1 aromatic carbocycles. The van der Waals surface area contributed by atoms with E-state index in [1.165, 1.54) is 6.07 Å². The molecule has 0 aliphatic carbocycles. The highest BCUT2D eigenvalue weighted by molar-refractivity contribution is 6.30. The first-order chi connectivity index (χ1) is 11.4. The molecule has 0 amide bonds. The van der Waals surface area contributed by atoms with Gasteiger partial charge in [0.2, 0.25) is 0 Å². The molecule has 3 rings (SSSR count). The predicted octanol–water partition coefficient (Wildman–Crippen LogP) is 3.71. The van der Waals surface area contributed by atoms with Gasteiger partial charge in [-0.1, -0.05) is 17.7 Å². The number of aromatic nitrogens is 4. The Morgan fingerprint density at radius 2 is 2.00 bits per heavy atom. The van der Waals surface area contributed by atoms with Crippen molar-refractivity contribution in [3.8, 4) is 5.82 Å². The van der Waals surface area contributed by atoms with Gasteiger partial charge in [0, 0.05) is 19.3 Å². The van der Waals surface area contributed by atoms with Crippen LogP contribution in [0.2, 0.25) is 5.02 Å². The lowest BCUT2D eigenvalue weighted by atomic mass is 10.2. The topological polar surface area (TPSA) is 46.8 Å². The third-order valence-electron chi connectivity index (χ3n) is 3.63. The molecule has 0 aliphatic heterocycles. The van der Waals surface area contributed by atoms with Crippen molar-refractivity contribution in [2.24, 2.45) is 0 Å². The second-order valence-electron chi connectivity index (χ2n) is 5.68. The first-order valence-electron chi connectivity index (χ1n) is 7.45. The molecular weight excluding hydrogens is 329 g/mol. The molecule has 0 spiro atoms. The van der Waals surface area contributed by atoms with E-state index in [1.807, 2.05) is 31.9 Å². The van der Waals surface area contributed by atoms with E-state index < -0.39 is 5.82 Å². The molecule has 0 fully saturated rings. The van der Waals surface area contributed by atoms with Crippen LogP contribution in [-0.2, 0) is 6.54 Å². The standard InChI is InChI=1S/C17H17ClFN5/c1-11-6-12(2)24(22-11)17-9-20-8-16(21-17)23(3)10-13-4-5-14(18)15(19)7-13/h4-9H,10H2,1-3H3. The van der Waals surface area contributed by atoms with Gasteiger partial charge in [-0.2, -0.15) is 5.10 Å². The summed E-state index contributed by atoms with van der Waals surface area (Å²) >= 11 is 5.72. The van der Waals surface area contributed by atoms with Gasteiger partial charge in [0.15, 0.2) is 5.82 Å². The van der Waals surface area contributed by atoms with Crippen LogP contribution in [0, 0.1) is 19.7 Å². The lowest BCUT2D eigenvalue weighted by molar-refractivity contribution is 0.625. The molecule has 2 aromatic heterocycles. The Balaban J connectivity index is 1.85. The molecule has 3 aromatic rings. The molecule has 0 bridgehead atoms. The van der Waals surface area contributed by atoms with E-state index in [-0.39, 0.29) is 5.02 Å². The molecule has 5 nitrogen and oxygen atoms in total. The van der Waals surface area contributed by atoms with Crippen LogP contribution in [0.1, 0.15) is 17.0 Å². The highest BCUT2D eigenvalue weighted by Gasteiger charge is 2.10. The number of anilines is 1. The van der Waals surface area contributed by atoms with Crippen molar-refractivity contribution in [2.75, 3.05) is 11.9 Å². The zero-order valence-electron chi connectivity index (χ0n) is 13.7. The van der Waals surface area contributed by atoms with Gasteiger partial charge >= 0.3 is 0 Å². The zero-order valence-corrected chi connectivity index (χ0v) is 14.4. The van der Waals surface area contributed by atoms with E-state index in [1.54, 1.807) is 29.2 Å². The Morgan fingerprint density at radius 1 is 1.21 bits per heavy atom. The molecule has 0 N–H and O–H groups in total. The minimum atomic E-state index is -0.426. The average molecular weight is 346 g/mol. The third kappa shape index (κ3) is 3.38. The number of nitrogens with zero attached hydrogens (tertiary/aromatic N) is 5. The van der Waals surface area contributed by atoms with E-state index in [9.17, 15) is 4.39 Å². The van der Waals surface area contributed by atoms with Crippen molar-refractivity contribution in [1.82, 2.24) is 19.7 Å². The van der Waals surface area contributed by atoms with E-state index in [4.69, 9.17) is 11.6 Å². The lowest BCUT2D eigenvalue weighted by Crippen LogP contribution is -2.19. The molecular formula is C17H17ClFN5. The largest absolute Gasteiger partial charge is 0.354 e. The van der Waals surface area contributed by atoms with Crippen molar-refractivity contribution in [1.29, 1.82) is 0 Å². The normalized spacial score (nSPS) is 10.9. The van der Waals surface area contributed by atoms with Crippen molar-refractivity contribution >= 4 is 17.4 Å². The van der Waals surface area contributed by atoms with Crippen LogP contribution in [0.5, 0.6) is 0 Å². The molecule has 0 aliphatic rings. The van der Waals surface area contributed by atoms with Crippen LogP contribution in [0.3, 0.4) is 0 Å². The van der Waals surface area contributed by atoms with Crippen LogP contribution in [0.25, 0.3) is 5.82 Å². The fraction of sp³-hybridized carbons (Fsp3) is 0.235. The highest BCUT2D eigenvalue weighted by atomic mass is 35.5. The number of rotatable bonds is 4. The van der Waals surface area contributed by atoms with Gasteiger partial charge in [0.1, 0.15) is 11.6 Å². The summed E-state index contributed by atoms with van der Waals surface area (Å²) in [7, 11) is 1.88. The van der Waals surface area contributed by atoms with Gasteiger partial charge in [-0.25, -0.2) is 14.1 Å². The predicted molar refractivity (Wildman–Crippen MR) is 92.1 cm³/mol. The van der Waals surface area contributed by atoms with E-state index in [0.29, 0.717) is 18.2 Å². The first-order valence-corrected chi connectivity index (χ1v) is 7.82. The highest BCUT2D eigenvalue weighted by Crippen LogP contribution is 2.19. The number of aryl methyl sites for hydroxylation is 2. The second-order valence-corrected chi connectivity index (χ2v) is 6.09. The number of hydrogen-bond donors (Lipinski definition) is 0. The van der Waals surface area contributed by atoms with Crippen molar-refractivity contribution in [3.05, 3.63) is 64.5 Å². The molecule has 24 heavy (non-hydrogen) atoms. The molecule has 0 saturated carbocycles. The van der Waals surface area contributed by atoms with Crippen molar-refractivity contribution in [2.45, 2.75) is 20.4 Å². The lowest BCUT2D eigenvalue weighted by Gasteiger charge is -2.18. The maximum absolute atomic E-state index is 13.6. The van der Waals surface area contributed by atoms with Gasteiger partial charge < -0.3 is 4.90 Å².